The molecule has 2 rings (SSSR count). The van der Waals surface area contributed by atoms with Crippen LogP contribution in [0.25, 0.3) is 5.57 Å². The third-order valence-corrected chi connectivity index (χ3v) is 3.83. The number of aryl methyl sites for hydroxylation is 1. The Morgan fingerprint density at radius 2 is 2.05 bits per heavy atom. The quantitative estimate of drug-likeness (QED) is 0.564. The summed E-state index contributed by atoms with van der Waals surface area (Å²) in [6.07, 6.45) is 10.0. The van der Waals surface area contributed by atoms with E-state index in [1.807, 2.05) is 0 Å². The van der Waals surface area contributed by atoms with Crippen molar-refractivity contribution in [3.8, 4) is 0 Å². The van der Waals surface area contributed by atoms with Crippen molar-refractivity contribution in [2.24, 2.45) is 0 Å². The summed E-state index contributed by atoms with van der Waals surface area (Å²) < 4.78 is 0. The molecule has 0 bridgehead atoms. The van der Waals surface area contributed by atoms with Crippen LogP contribution in [0.3, 0.4) is 0 Å². The second-order valence-electron chi connectivity index (χ2n) is 6.23. The van der Waals surface area contributed by atoms with Crippen molar-refractivity contribution in [1.82, 2.24) is 0 Å². The Hall–Kier alpha value is -1.82. The van der Waals surface area contributed by atoms with E-state index in [1.54, 1.807) is 5.57 Å². The molecule has 0 unspecified atom stereocenters. The van der Waals surface area contributed by atoms with E-state index in [-0.39, 0.29) is 0 Å². The minimum Gasteiger partial charge on any atom is -0.0918 e. The molecular weight excluding hydrogens is 252 g/mol. The van der Waals surface area contributed by atoms with Gasteiger partial charge in [0.05, 0.1) is 0 Å². The molecule has 0 amide bonds. The molecule has 0 radical (unpaired) electrons. The molecule has 1 aliphatic rings. The monoisotopic (exact) mass is 278 g/mol. The van der Waals surface area contributed by atoms with Gasteiger partial charge in [-0.1, -0.05) is 73.1 Å². The smallest absolute Gasteiger partial charge is 0.00516 e. The lowest BCUT2D eigenvalue weighted by atomic mass is 10.0. The summed E-state index contributed by atoms with van der Waals surface area (Å²) in [5.41, 5.74) is 9.57. The number of fused-ring (bicyclic) bond motifs is 1. The predicted molar refractivity (Wildman–Crippen MR) is 94.4 cm³/mol. The first kappa shape index (κ1) is 15.6. The third-order valence-electron chi connectivity index (χ3n) is 3.83. The molecule has 0 heteroatoms. The highest BCUT2D eigenvalue weighted by Gasteiger charge is 2.18. The molecular formula is C21H26. The van der Waals surface area contributed by atoms with Crippen LogP contribution in [0.15, 0.2) is 59.7 Å². The molecule has 110 valence electrons. The molecule has 0 nitrogen and oxygen atoms in total. The molecule has 0 spiro atoms. The molecule has 0 atom stereocenters. The molecule has 0 N–H and O–H groups in total. The normalized spacial score (nSPS) is 13.7. The van der Waals surface area contributed by atoms with Gasteiger partial charge in [-0.05, 0) is 55.9 Å². The fraction of sp³-hybridized carbons (Fsp3) is 0.333. The zero-order valence-electron chi connectivity index (χ0n) is 13.8. The average molecular weight is 278 g/mol. The van der Waals surface area contributed by atoms with Gasteiger partial charge < -0.3 is 0 Å². The standard InChI is InChI=1S/C21H26/c1-6-7-18-14-19-13-17(5)9-11-21(19)20(18)10-8-16(4)12-15(2)3/h8-13H,4,6-7,14H2,1-3,5H3/b10-8-. The maximum absolute atomic E-state index is 4.11. The van der Waals surface area contributed by atoms with Crippen LogP contribution in [0, 0.1) is 6.92 Å². The Kier molecular flexibility index (Phi) is 5.01. The molecule has 0 saturated heterocycles. The van der Waals surface area contributed by atoms with E-state index in [4.69, 9.17) is 0 Å². The van der Waals surface area contributed by atoms with Gasteiger partial charge in [0.15, 0.2) is 0 Å². The minimum atomic E-state index is 1.07. The number of hydrogen-bond donors (Lipinski definition) is 0. The van der Waals surface area contributed by atoms with E-state index < -0.39 is 0 Å². The SMILES string of the molecule is C=C(C=C(C)C)/C=C\C1=C(CCC)Cc2cc(C)ccc21. The van der Waals surface area contributed by atoms with Crippen molar-refractivity contribution in [1.29, 1.82) is 0 Å². The molecule has 21 heavy (non-hydrogen) atoms. The van der Waals surface area contributed by atoms with Gasteiger partial charge in [-0.15, -0.1) is 0 Å². The Morgan fingerprint density at radius 1 is 1.29 bits per heavy atom. The molecule has 1 aromatic carbocycles. The number of allylic oxidation sites excluding steroid dienone is 7. The summed E-state index contributed by atoms with van der Waals surface area (Å²) in [5, 5.41) is 0. The van der Waals surface area contributed by atoms with Gasteiger partial charge in [-0.25, -0.2) is 0 Å². The van der Waals surface area contributed by atoms with Crippen LogP contribution in [0.4, 0.5) is 0 Å². The Bertz CT molecular complexity index is 632. The van der Waals surface area contributed by atoms with Gasteiger partial charge in [0.1, 0.15) is 0 Å². The van der Waals surface area contributed by atoms with Crippen molar-refractivity contribution in [2.45, 2.75) is 47.0 Å². The average Bonchev–Trinajstić information content (AvgIpc) is 2.72. The first-order valence-electron chi connectivity index (χ1n) is 7.85. The molecule has 1 aromatic rings. The van der Waals surface area contributed by atoms with E-state index in [9.17, 15) is 0 Å². The lowest BCUT2D eigenvalue weighted by Crippen LogP contribution is -1.85. The second-order valence-corrected chi connectivity index (χ2v) is 6.23. The topological polar surface area (TPSA) is 0 Å². The number of hydrogen-bond acceptors (Lipinski definition) is 0. The Labute approximate surface area is 129 Å². The number of benzene rings is 1. The zero-order valence-corrected chi connectivity index (χ0v) is 13.8. The van der Waals surface area contributed by atoms with Gasteiger partial charge in [0, 0.05) is 0 Å². The molecule has 1 aliphatic carbocycles. The first-order chi connectivity index (χ1) is 10.0. The number of rotatable bonds is 5. The van der Waals surface area contributed by atoms with Gasteiger partial charge in [-0.2, -0.15) is 0 Å². The van der Waals surface area contributed by atoms with Crippen LogP contribution in [-0.4, -0.2) is 0 Å². The molecule has 0 aliphatic heterocycles. The van der Waals surface area contributed by atoms with Crippen LogP contribution in [0.2, 0.25) is 0 Å². The van der Waals surface area contributed by atoms with Crippen molar-refractivity contribution in [3.05, 3.63) is 76.4 Å². The second kappa shape index (κ2) is 6.76. The van der Waals surface area contributed by atoms with Gasteiger partial charge in [0.2, 0.25) is 0 Å². The highest BCUT2D eigenvalue weighted by atomic mass is 14.2. The van der Waals surface area contributed by atoms with E-state index in [0.29, 0.717) is 0 Å². The lowest BCUT2D eigenvalue weighted by molar-refractivity contribution is 0.884. The molecule has 0 saturated carbocycles. The summed E-state index contributed by atoms with van der Waals surface area (Å²) in [7, 11) is 0. The lowest BCUT2D eigenvalue weighted by Gasteiger charge is -2.04. The maximum atomic E-state index is 4.11. The highest BCUT2D eigenvalue weighted by Crippen LogP contribution is 2.36. The summed E-state index contributed by atoms with van der Waals surface area (Å²) in [6.45, 7) is 12.7. The predicted octanol–water partition coefficient (Wildman–Crippen LogP) is 6.18. The van der Waals surface area contributed by atoms with Gasteiger partial charge in [-0.3, -0.25) is 0 Å². The van der Waals surface area contributed by atoms with Crippen molar-refractivity contribution in [2.75, 3.05) is 0 Å². The summed E-state index contributed by atoms with van der Waals surface area (Å²) >= 11 is 0. The van der Waals surface area contributed by atoms with Crippen LogP contribution in [0.5, 0.6) is 0 Å². The van der Waals surface area contributed by atoms with Crippen molar-refractivity contribution < 1.29 is 0 Å². The Balaban J connectivity index is 2.33. The van der Waals surface area contributed by atoms with Crippen molar-refractivity contribution in [3.63, 3.8) is 0 Å². The summed E-state index contributed by atoms with van der Waals surface area (Å²) in [5.74, 6) is 0. The van der Waals surface area contributed by atoms with E-state index in [0.717, 1.165) is 12.0 Å². The largest absolute Gasteiger partial charge is 0.0918 e. The van der Waals surface area contributed by atoms with Gasteiger partial charge in [0.25, 0.3) is 0 Å². The van der Waals surface area contributed by atoms with Crippen LogP contribution in [0.1, 0.15) is 50.3 Å². The summed E-state index contributed by atoms with van der Waals surface area (Å²) in [4.78, 5) is 0. The molecule has 0 aromatic heterocycles. The van der Waals surface area contributed by atoms with E-state index in [2.05, 4.69) is 70.7 Å². The summed E-state index contributed by atoms with van der Waals surface area (Å²) in [6, 6.07) is 6.82. The van der Waals surface area contributed by atoms with E-state index >= 15 is 0 Å². The fourth-order valence-corrected chi connectivity index (χ4v) is 2.99. The molecule has 0 heterocycles. The van der Waals surface area contributed by atoms with E-state index in [1.165, 1.54) is 40.7 Å². The van der Waals surface area contributed by atoms with Crippen molar-refractivity contribution >= 4 is 5.57 Å². The van der Waals surface area contributed by atoms with Crippen LogP contribution >= 0.6 is 0 Å². The first-order valence-corrected chi connectivity index (χ1v) is 7.85. The fourth-order valence-electron chi connectivity index (χ4n) is 2.99. The highest BCUT2D eigenvalue weighted by molar-refractivity contribution is 5.83. The minimum absolute atomic E-state index is 1.07. The van der Waals surface area contributed by atoms with Crippen LogP contribution in [-0.2, 0) is 6.42 Å². The Morgan fingerprint density at radius 3 is 2.71 bits per heavy atom. The van der Waals surface area contributed by atoms with Gasteiger partial charge >= 0.3 is 0 Å². The third kappa shape index (κ3) is 3.85. The zero-order chi connectivity index (χ0) is 15.4. The molecule has 0 fully saturated rings. The maximum Gasteiger partial charge on any atom is -0.00516 e. The van der Waals surface area contributed by atoms with Crippen LogP contribution < -0.4 is 0 Å².